The van der Waals surface area contributed by atoms with Gasteiger partial charge in [-0.05, 0) is 49.2 Å². The van der Waals surface area contributed by atoms with Crippen molar-refractivity contribution < 1.29 is 14.3 Å². The molecule has 0 heterocycles. The number of ether oxygens (including phenoxy) is 1. The number of nitrogens with one attached hydrogen (secondary N) is 2. The Balaban J connectivity index is 1.79. The lowest BCUT2D eigenvalue weighted by molar-refractivity contribution is -0.125. The molecule has 0 aliphatic rings. The second-order valence-corrected chi connectivity index (χ2v) is 6.38. The number of hydrogen-bond donors (Lipinski definition) is 2. The minimum Gasteiger partial charge on any atom is -0.362 e. The van der Waals surface area contributed by atoms with Crippen LogP contribution in [0.1, 0.15) is 11.1 Å². The van der Waals surface area contributed by atoms with Crippen LogP contribution in [0.25, 0.3) is 0 Å². The summed E-state index contributed by atoms with van der Waals surface area (Å²) in [4.78, 5) is 23.8. The number of carbonyl (C=O) groups is 2. The molecule has 5 nitrogen and oxygen atoms in total. The van der Waals surface area contributed by atoms with Crippen LogP contribution in [0.3, 0.4) is 0 Å². The number of amides is 2. The van der Waals surface area contributed by atoms with Gasteiger partial charge in [0.15, 0.2) is 0 Å². The van der Waals surface area contributed by atoms with Crippen molar-refractivity contribution in [2.75, 3.05) is 23.8 Å². The first-order valence-electron chi connectivity index (χ1n) is 7.55. The monoisotopic (exact) mass is 380 g/mol. The van der Waals surface area contributed by atoms with Crippen LogP contribution >= 0.6 is 23.2 Å². The predicted molar refractivity (Wildman–Crippen MR) is 100 cm³/mol. The Labute approximate surface area is 156 Å². The fraction of sp³-hybridized carbons (Fsp3) is 0.222. The lowest BCUT2D eigenvalue weighted by atomic mass is 10.2. The van der Waals surface area contributed by atoms with Gasteiger partial charge in [-0.15, -0.1) is 0 Å². The van der Waals surface area contributed by atoms with Crippen LogP contribution in [0.15, 0.2) is 36.4 Å². The fourth-order valence-electron chi connectivity index (χ4n) is 2.07. The van der Waals surface area contributed by atoms with Crippen molar-refractivity contribution in [2.24, 2.45) is 0 Å². The number of benzene rings is 2. The molecular formula is C18H18Cl2N2O3. The first-order valence-corrected chi connectivity index (χ1v) is 8.30. The summed E-state index contributed by atoms with van der Waals surface area (Å²) in [6.07, 6.45) is 0. The van der Waals surface area contributed by atoms with Gasteiger partial charge in [-0.1, -0.05) is 35.3 Å². The van der Waals surface area contributed by atoms with Gasteiger partial charge in [0, 0.05) is 21.4 Å². The van der Waals surface area contributed by atoms with Crippen LogP contribution < -0.4 is 10.6 Å². The van der Waals surface area contributed by atoms with Gasteiger partial charge in [-0.2, -0.15) is 0 Å². The van der Waals surface area contributed by atoms with E-state index >= 15 is 0 Å². The summed E-state index contributed by atoms with van der Waals surface area (Å²) < 4.78 is 5.15. The van der Waals surface area contributed by atoms with Gasteiger partial charge < -0.3 is 15.4 Å². The van der Waals surface area contributed by atoms with Crippen molar-refractivity contribution in [3.63, 3.8) is 0 Å². The molecule has 0 saturated heterocycles. The van der Waals surface area contributed by atoms with Gasteiger partial charge in [0.25, 0.3) is 0 Å². The first kappa shape index (κ1) is 19.2. The molecular weight excluding hydrogens is 363 g/mol. The number of anilines is 2. The number of halogens is 2. The third-order valence-corrected chi connectivity index (χ3v) is 3.88. The standard InChI is InChI=1S/C18H18Cl2N2O3/c1-11-3-5-13(19)7-15(11)21-17(23)9-25-10-18(24)22-16-8-14(20)6-4-12(16)2/h3-8H,9-10H2,1-2H3,(H,21,23)(H,22,24). The zero-order valence-corrected chi connectivity index (χ0v) is 15.4. The Morgan fingerprint density at radius 3 is 1.64 bits per heavy atom. The number of hydrogen-bond acceptors (Lipinski definition) is 3. The minimum absolute atomic E-state index is 0.242. The van der Waals surface area contributed by atoms with Crippen molar-refractivity contribution in [1.29, 1.82) is 0 Å². The summed E-state index contributed by atoms with van der Waals surface area (Å²) in [7, 11) is 0. The van der Waals surface area contributed by atoms with Crippen LogP contribution in [0.4, 0.5) is 11.4 Å². The number of rotatable bonds is 6. The second kappa shape index (κ2) is 8.85. The van der Waals surface area contributed by atoms with Gasteiger partial charge in [0.2, 0.25) is 11.8 Å². The molecule has 0 spiro atoms. The van der Waals surface area contributed by atoms with E-state index in [0.717, 1.165) is 11.1 Å². The van der Waals surface area contributed by atoms with Crippen molar-refractivity contribution in [1.82, 2.24) is 0 Å². The highest BCUT2D eigenvalue weighted by Crippen LogP contribution is 2.21. The molecule has 7 heteroatoms. The maximum absolute atomic E-state index is 11.9. The molecule has 0 radical (unpaired) electrons. The predicted octanol–water partition coefficient (Wildman–Crippen LogP) is 4.20. The van der Waals surface area contributed by atoms with E-state index in [2.05, 4.69) is 10.6 Å². The summed E-state index contributed by atoms with van der Waals surface area (Å²) in [5, 5.41) is 6.44. The van der Waals surface area contributed by atoms with Gasteiger partial charge in [-0.25, -0.2) is 0 Å². The Kier molecular flexibility index (Phi) is 6.82. The molecule has 0 aliphatic heterocycles. The zero-order chi connectivity index (χ0) is 18.4. The van der Waals surface area contributed by atoms with E-state index in [1.165, 1.54) is 0 Å². The quantitative estimate of drug-likeness (QED) is 0.788. The molecule has 0 aliphatic carbocycles. The lowest BCUT2D eigenvalue weighted by Gasteiger charge is -2.10. The molecule has 0 unspecified atom stereocenters. The average molecular weight is 381 g/mol. The first-order chi connectivity index (χ1) is 11.8. The Morgan fingerprint density at radius 1 is 0.840 bits per heavy atom. The molecule has 2 amide bonds. The van der Waals surface area contributed by atoms with Crippen molar-refractivity contribution >= 4 is 46.4 Å². The van der Waals surface area contributed by atoms with Crippen molar-refractivity contribution in [3.8, 4) is 0 Å². The molecule has 2 aromatic rings. The Morgan fingerprint density at radius 2 is 1.24 bits per heavy atom. The third-order valence-electron chi connectivity index (χ3n) is 3.41. The lowest BCUT2D eigenvalue weighted by Crippen LogP contribution is -2.24. The summed E-state index contributed by atoms with van der Waals surface area (Å²) in [6, 6.07) is 10.4. The van der Waals surface area contributed by atoms with Gasteiger partial charge in [-0.3, -0.25) is 9.59 Å². The summed E-state index contributed by atoms with van der Waals surface area (Å²) in [6.45, 7) is 3.23. The highest BCUT2D eigenvalue weighted by Gasteiger charge is 2.09. The fourth-order valence-corrected chi connectivity index (χ4v) is 2.41. The summed E-state index contributed by atoms with van der Waals surface area (Å²) in [5.41, 5.74) is 2.99. The van der Waals surface area contributed by atoms with Crippen LogP contribution in [0.5, 0.6) is 0 Å². The largest absolute Gasteiger partial charge is 0.362 e. The van der Waals surface area contributed by atoms with Crippen LogP contribution in [-0.2, 0) is 14.3 Å². The van der Waals surface area contributed by atoms with E-state index in [9.17, 15) is 9.59 Å². The van der Waals surface area contributed by atoms with Gasteiger partial charge in [0.05, 0.1) is 0 Å². The molecule has 0 bridgehead atoms. The SMILES string of the molecule is Cc1ccc(Cl)cc1NC(=O)COCC(=O)Nc1cc(Cl)ccc1C. The molecule has 0 saturated carbocycles. The van der Waals surface area contributed by atoms with Crippen molar-refractivity contribution in [2.45, 2.75) is 13.8 Å². The second-order valence-electron chi connectivity index (χ2n) is 5.51. The van der Waals surface area contributed by atoms with Crippen LogP contribution in [0, 0.1) is 13.8 Å². The van der Waals surface area contributed by atoms with Crippen LogP contribution in [0.2, 0.25) is 10.0 Å². The van der Waals surface area contributed by atoms with E-state index in [4.69, 9.17) is 27.9 Å². The third kappa shape index (κ3) is 6.05. The maximum atomic E-state index is 11.9. The molecule has 2 rings (SSSR count). The Bertz CT molecular complexity index is 728. The number of aryl methyl sites for hydroxylation is 2. The zero-order valence-electron chi connectivity index (χ0n) is 13.9. The highest BCUT2D eigenvalue weighted by atomic mass is 35.5. The van der Waals surface area contributed by atoms with E-state index < -0.39 is 0 Å². The molecule has 2 aromatic carbocycles. The maximum Gasteiger partial charge on any atom is 0.250 e. The molecule has 132 valence electrons. The van der Waals surface area contributed by atoms with Crippen LogP contribution in [-0.4, -0.2) is 25.0 Å². The number of carbonyl (C=O) groups excluding carboxylic acids is 2. The topological polar surface area (TPSA) is 67.4 Å². The van der Waals surface area contributed by atoms with E-state index in [-0.39, 0.29) is 25.0 Å². The van der Waals surface area contributed by atoms with Crippen molar-refractivity contribution in [3.05, 3.63) is 57.6 Å². The average Bonchev–Trinajstić information content (AvgIpc) is 2.54. The highest BCUT2D eigenvalue weighted by molar-refractivity contribution is 6.31. The summed E-state index contributed by atoms with van der Waals surface area (Å²) in [5.74, 6) is -0.728. The summed E-state index contributed by atoms with van der Waals surface area (Å²) >= 11 is 11.8. The minimum atomic E-state index is -0.364. The van der Waals surface area contributed by atoms with E-state index in [1.54, 1.807) is 36.4 Å². The molecule has 25 heavy (non-hydrogen) atoms. The molecule has 0 atom stereocenters. The molecule has 0 aromatic heterocycles. The molecule has 2 N–H and O–H groups in total. The van der Waals surface area contributed by atoms with E-state index in [0.29, 0.717) is 21.4 Å². The smallest absolute Gasteiger partial charge is 0.250 e. The van der Waals surface area contributed by atoms with E-state index in [1.807, 2.05) is 13.8 Å². The molecule has 0 fully saturated rings. The van der Waals surface area contributed by atoms with Gasteiger partial charge >= 0.3 is 0 Å². The Hall–Kier alpha value is -2.08. The van der Waals surface area contributed by atoms with Gasteiger partial charge in [0.1, 0.15) is 13.2 Å². The normalized spacial score (nSPS) is 10.4.